The van der Waals surface area contributed by atoms with E-state index in [2.05, 4.69) is 20.3 Å². The second-order valence-corrected chi connectivity index (χ2v) is 11.0. The van der Waals surface area contributed by atoms with E-state index in [1.54, 1.807) is 27.7 Å². The molecule has 2 fully saturated rings. The van der Waals surface area contributed by atoms with Gasteiger partial charge in [0.2, 0.25) is 0 Å². The minimum absolute atomic E-state index is 0.198. The van der Waals surface area contributed by atoms with Crippen LogP contribution in [0.15, 0.2) is 55.0 Å². The number of hydrogen-bond acceptors (Lipinski definition) is 5. The highest BCUT2D eigenvalue weighted by Crippen LogP contribution is 2.40. The Balaban J connectivity index is 1.18. The third-order valence-electron chi connectivity index (χ3n) is 8.40. The molecule has 1 N–H and O–H groups in total. The molecule has 3 aromatic heterocycles. The van der Waals surface area contributed by atoms with Crippen LogP contribution in [0, 0.1) is 12.8 Å². The number of halogens is 3. The summed E-state index contributed by atoms with van der Waals surface area (Å²) in [7, 11) is 0. The zero-order valence-corrected chi connectivity index (χ0v) is 22.3. The molecule has 0 radical (unpaired) electrons. The minimum Gasteiger partial charge on any atom is -0.306 e. The lowest BCUT2D eigenvalue weighted by Crippen LogP contribution is -2.44. The smallest absolute Gasteiger partial charge is 0.306 e. The summed E-state index contributed by atoms with van der Waals surface area (Å²) in [6.07, 6.45) is 4.17. The van der Waals surface area contributed by atoms with Crippen molar-refractivity contribution in [3.63, 3.8) is 0 Å². The first-order valence-electron chi connectivity index (χ1n) is 13.8. The lowest BCUT2D eigenvalue weighted by atomic mass is 9.83. The number of benzene rings is 1. The van der Waals surface area contributed by atoms with Gasteiger partial charge < -0.3 is 10.2 Å². The third kappa shape index (κ3) is 5.34. The van der Waals surface area contributed by atoms with E-state index in [4.69, 9.17) is 5.10 Å². The first-order chi connectivity index (χ1) is 19.3. The van der Waals surface area contributed by atoms with Crippen molar-refractivity contribution in [2.45, 2.75) is 63.6 Å². The third-order valence-corrected chi connectivity index (χ3v) is 8.40. The van der Waals surface area contributed by atoms with Crippen molar-refractivity contribution in [3.8, 4) is 5.69 Å². The molecule has 4 heterocycles. The van der Waals surface area contributed by atoms with Crippen LogP contribution in [-0.4, -0.2) is 60.5 Å². The van der Waals surface area contributed by atoms with Gasteiger partial charge >= 0.3 is 6.18 Å². The molecule has 11 heteroatoms. The van der Waals surface area contributed by atoms with Gasteiger partial charge in [0.15, 0.2) is 5.65 Å². The Hall–Kier alpha value is -3.73. The number of amides is 1. The Morgan fingerprint density at radius 2 is 1.75 bits per heavy atom. The van der Waals surface area contributed by atoms with Gasteiger partial charge in [-0.25, -0.2) is 14.2 Å². The minimum atomic E-state index is -4.08. The average Bonchev–Trinajstić information content (AvgIpc) is 3.58. The van der Waals surface area contributed by atoms with Gasteiger partial charge in [-0.3, -0.25) is 4.79 Å². The summed E-state index contributed by atoms with van der Waals surface area (Å²) in [6.45, 7) is 3.68. The number of aryl methyl sites for hydroxylation is 1. The molecule has 0 bridgehead atoms. The number of nitrogens with one attached hydrogen (secondary N) is 1. The number of alkyl halides is 3. The van der Waals surface area contributed by atoms with Crippen LogP contribution < -0.4 is 5.32 Å². The maximum Gasteiger partial charge on any atom is 0.391 e. The fourth-order valence-corrected chi connectivity index (χ4v) is 6.07. The molecule has 40 heavy (non-hydrogen) atoms. The molecule has 6 rings (SSSR count). The van der Waals surface area contributed by atoms with Crippen LogP contribution in [0.25, 0.3) is 11.3 Å². The van der Waals surface area contributed by atoms with E-state index in [-0.39, 0.29) is 30.7 Å². The highest BCUT2D eigenvalue weighted by Gasteiger charge is 2.42. The molecule has 1 amide bonds. The van der Waals surface area contributed by atoms with Crippen molar-refractivity contribution in [3.05, 3.63) is 71.8 Å². The molecule has 1 aliphatic carbocycles. The lowest BCUT2D eigenvalue weighted by Gasteiger charge is -2.40. The number of rotatable bonds is 5. The van der Waals surface area contributed by atoms with Crippen molar-refractivity contribution >= 4 is 17.4 Å². The fourth-order valence-electron chi connectivity index (χ4n) is 6.07. The molecule has 1 aromatic carbocycles. The van der Waals surface area contributed by atoms with Crippen LogP contribution in [-0.2, 0) is 0 Å². The van der Waals surface area contributed by atoms with E-state index in [1.807, 2.05) is 37.3 Å². The number of fused-ring (bicyclic) bond motifs is 1. The quantitative estimate of drug-likeness (QED) is 0.340. The molecule has 0 spiro atoms. The Kier molecular flexibility index (Phi) is 7.07. The Morgan fingerprint density at radius 3 is 2.45 bits per heavy atom. The van der Waals surface area contributed by atoms with Crippen LogP contribution in [0.3, 0.4) is 0 Å². The van der Waals surface area contributed by atoms with Crippen LogP contribution in [0.2, 0.25) is 0 Å². The summed E-state index contributed by atoms with van der Waals surface area (Å²) in [5.74, 6) is -0.717. The zero-order valence-electron chi connectivity index (χ0n) is 22.3. The first kappa shape index (κ1) is 26.5. The summed E-state index contributed by atoms with van der Waals surface area (Å²) >= 11 is 0. The van der Waals surface area contributed by atoms with Crippen LogP contribution >= 0.6 is 0 Å². The van der Waals surface area contributed by atoms with Crippen LogP contribution in [0.5, 0.6) is 0 Å². The van der Waals surface area contributed by atoms with E-state index < -0.39 is 12.1 Å². The molecule has 8 nitrogen and oxygen atoms in total. The van der Waals surface area contributed by atoms with Crippen molar-refractivity contribution in [1.29, 1.82) is 0 Å². The van der Waals surface area contributed by atoms with Gasteiger partial charge in [0.1, 0.15) is 11.4 Å². The Labute approximate surface area is 230 Å². The summed E-state index contributed by atoms with van der Waals surface area (Å²) in [4.78, 5) is 19.9. The normalized spacial score (nSPS) is 21.1. The van der Waals surface area contributed by atoms with E-state index >= 15 is 0 Å². The number of carbonyl (C=O) groups is 1. The average molecular weight is 552 g/mol. The molecular weight excluding hydrogens is 519 g/mol. The lowest BCUT2D eigenvalue weighted by molar-refractivity contribution is -0.184. The zero-order chi connectivity index (χ0) is 27.9. The number of nitrogens with zero attached hydrogens (tertiary/aromatic N) is 6. The molecule has 4 aromatic rings. The molecule has 0 unspecified atom stereocenters. The van der Waals surface area contributed by atoms with Gasteiger partial charge in [-0.15, -0.1) is 0 Å². The number of aromatic nitrogens is 5. The maximum atomic E-state index is 13.3. The number of piperidine rings is 1. The van der Waals surface area contributed by atoms with Crippen molar-refractivity contribution in [1.82, 2.24) is 29.3 Å². The highest BCUT2D eigenvalue weighted by atomic mass is 19.4. The summed E-state index contributed by atoms with van der Waals surface area (Å²) in [5.41, 5.74) is 3.69. The van der Waals surface area contributed by atoms with Gasteiger partial charge in [-0.2, -0.15) is 23.4 Å². The predicted octanol–water partition coefficient (Wildman–Crippen LogP) is 5.78. The number of likely N-dealkylation sites (tertiary alicyclic amines) is 1. The molecule has 2 aliphatic rings. The fraction of sp³-hybridized carbons (Fsp3) is 0.448. The van der Waals surface area contributed by atoms with Gasteiger partial charge in [-0.1, -0.05) is 17.7 Å². The monoisotopic (exact) mass is 551 g/mol. The number of carbonyl (C=O) groups excluding carboxylic acids is 1. The van der Waals surface area contributed by atoms with Gasteiger partial charge in [0.05, 0.1) is 23.5 Å². The molecule has 1 saturated heterocycles. The first-order valence-corrected chi connectivity index (χ1v) is 13.8. The number of anilines is 1. The van der Waals surface area contributed by atoms with E-state index in [0.717, 1.165) is 42.9 Å². The SMILES string of the molecule is Cc1ccc(-n2nc(C3CCN(C4CCC(C(F)(F)F)CC4)CC3)cc2NC(=O)c2cnn3cccnc23)cc1. The van der Waals surface area contributed by atoms with Gasteiger partial charge in [0.25, 0.3) is 5.91 Å². The second kappa shape index (κ2) is 10.7. The molecular formula is C29H32F3N7O. The van der Waals surface area contributed by atoms with Crippen molar-refractivity contribution in [2.24, 2.45) is 5.92 Å². The summed E-state index contributed by atoms with van der Waals surface area (Å²) in [6, 6.07) is 11.9. The van der Waals surface area contributed by atoms with Crippen LogP contribution in [0.4, 0.5) is 19.0 Å². The predicted molar refractivity (Wildman–Crippen MR) is 145 cm³/mol. The molecule has 0 atom stereocenters. The van der Waals surface area contributed by atoms with Gasteiger partial charge in [0, 0.05) is 30.4 Å². The van der Waals surface area contributed by atoms with E-state index in [9.17, 15) is 18.0 Å². The van der Waals surface area contributed by atoms with Crippen LogP contribution in [0.1, 0.15) is 66.1 Å². The maximum absolute atomic E-state index is 13.3. The highest BCUT2D eigenvalue weighted by molar-refractivity contribution is 6.07. The van der Waals surface area contributed by atoms with E-state index in [1.165, 1.54) is 6.20 Å². The largest absolute Gasteiger partial charge is 0.391 e. The number of hydrogen-bond donors (Lipinski definition) is 1. The van der Waals surface area contributed by atoms with Crippen molar-refractivity contribution < 1.29 is 18.0 Å². The molecule has 1 aliphatic heterocycles. The summed E-state index contributed by atoms with van der Waals surface area (Å²) < 4.78 is 42.6. The molecule has 210 valence electrons. The van der Waals surface area contributed by atoms with E-state index in [0.29, 0.717) is 29.9 Å². The second-order valence-electron chi connectivity index (χ2n) is 11.0. The van der Waals surface area contributed by atoms with Crippen molar-refractivity contribution in [2.75, 3.05) is 18.4 Å². The standard InChI is InChI=1S/C29H32F3N7O/c1-19-3-7-23(8-4-19)39-26(35-28(40)24-18-34-38-14-2-13-33-27(24)38)17-25(36-39)20-11-15-37(16-12-20)22-9-5-21(6-10-22)29(30,31)32/h2-4,7-8,13-14,17-18,20-22H,5-6,9-12,15-16H2,1H3,(H,35,40). The Morgan fingerprint density at radius 1 is 1.02 bits per heavy atom. The molecule has 1 saturated carbocycles. The van der Waals surface area contributed by atoms with Gasteiger partial charge in [-0.05, 0) is 76.7 Å². The summed E-state index contributed by atoms with van der Waals surface area (Å²) in [5, 5.41) is 12.2. The topological polar surface area (TPSA) is 80.4 Å². The Bertz CT molecular complexity index is 1480.